The molecule has 0 unspecified atom stereocenters. The summed E-state index contributed by atoms with van der Waals surface area (Å²) in [5, 5.41) is 0.378. The minimum atomic E-state index is 0.378. The van der Waals surface area contributed by atoms with Gasteiger partial charge in [-0.25, -0.2) is 9.97 Å². The molecule has 2 rings (SSSR count). The highest BCUT2D eigenvalue weighted by Crippen LogP contribution is 2.31. The van der Waals surface area contributed by atoms with Crippen molar-refractivity contribution in [3.8, 4) is 0 Å². The Bertz CT molecular complexity index is 282. The van der Waals surface area contributed by atoms with Gasteiger partial charge >= 0.3 is 0 Å². The molecular formula is C10H13ClN2. The van der Waals surface area contributed by atoms with E-state index in [2.05, 4.69) is 9.97 Å². The third kappa shape index (κ3) is 2.19. The van der Waals surface area contributed by atoms with Crippen molar-refractivity contribution in [3.63, 3.8) is 0 Å². The first-order chi connectivity index (χ1) is 6.36. The normalized spacial score (nSPS) is 18.8. The first-order valence-corrected chi connectivity index (χ1v) is 5.22. The Morgan fingerprint density at radius 1 is 1.23 bits per heavy atom. The monoisotopic (exact) mass is 196 g/mol. The van der Waals surface area contributed by atoms with Gasteiger partial charge < -0.3 is 0 Å². The summed E-state index contributed by atoms with van der Waals surface area (Å²) in [5.74, 6) is 0.620. The maximum atomic E-state index is 5.74. The molecule has 13 heavy (non-hydrogen) atoms. The predicted octanol–water partition coefficient (Wildman–Crippen LogP) is 3.18. The van der Waals surface area contributed by atoms with Gasteiger partial charge in [0.15, 0.2) is 0 Å². The van der Waals surface area contributed by atoms with Gasteiger partial charge in [0.05, 0.1) is 0 Å². The van der Waals surface area contributed by atoms with E-state index in [1.807, 2.05) is 6.07 Å². The zero-order valence-corrected chi connectivity index (χ0v) is 8.30. The zero-order valence-electron chi connectivity index (χ0n) is 7.54. The molecule has 1 saturated carbocycles. The van der Waals surface area contributed by atoms with Crippen LogP contribution in [0.25, 0.3) is 0 Å². The van der Waals surface area contributed by atoms with Crippen LogP contribution >= 0.6 is 11.6 Å². The lowest BCUT2D eigenvalue weighted by Gasteiger charge is -2.20. The van der Waals surface area contributed by atoms with Crippen molar-refractivity contribution >= 4 is 11.6 Å². The highest BCUT2D eigenvalue weighted by atomic mass is 35.5. The van der Waals surface area contributed by atoms with E-state index >= 15 is 0 Å². The number of nitrogens with zero attached hydrogens (tertiary/aromatic N) is 2. The minimum Gasteiger partial charge on any atom is -0.227 e. The molecular weight excluding hydrogens is 184 g/mol. The fourth-order valence-electron chi connectivity index (χ4n) is 1.97. The molecule has 0 aromatic carbocycles. The summed E-state index contributed by atoms with van der Waals surface area (Å²) in [6.45, 7) is 0. The van der Waals surface area contributed by atoms with Crippen LogP contribution < -0.4 is 0 Å². The van der Waals surface area contributed by atoms with E-state index in [1.54, 1.807) is 6.20 Å². The Morgan fingerprint density at radius 3 is 2.69 bits per heavy atom. The van der Waals surface area contributed by atoms with Gasteiger partial charge in [-0.2, -0.15) is 0 Å². The van der Waals surface area contributed by atoms with Crippen LogP contribution in [0.3, 0.4) is 0 Å². The smallest absolute Gasteiger partial charge is 0.222 e. The largest absolute Gasteiger partial charge is 0.227 e. The van der Waals surface area contributed by atoms with Crippen LogP contribution in [0.2, 0.25) is 5.28 Å². The molecule has 1 heterocycles. The lowest BCUT2D eigenvalue weighted by molar-refractivity contribution is 0.436. The minimum absolute atomic E-state index is 0.378. The second kappa shape index (κ2) is 4.05. The van der Waals surface area contributed by atoms with Crippen molar-refractivity contribution in [2.75, 3.05) is 0 Å². The Labute approximate surface area is 83.4 Å². The van der Waals surface area contributed by atoms with Crippen LogP contribution in [-0.2, 0) is 0 Å². The van der Waals surface area contributed by atoms with Gasteiger partial charge in [-0.3, -0.25) is 0 Å². The third-order valence-corrected chi connectivity index (χ3v) is 2.85. The van der Waals surface area contributed by atoms with Gasteiger partial charge in [-0.1, -0.05) is 19.3 Å². The lowest BCUT2D eigenvalue weighted by Crippen LogP contribution is -2.06. The number of aromatic nitrogens is 2. The van der Waals surface area contributed by atoms with Crippen LogP contribution in [0.15, 0.2) is 12.3 Å². The maximum absolute atomic E-state index is 5.74. The number of halogens is 1. The molecule has 0 spiro atoms. The van der Waals surface area contributed by atoms with Crippen molar-refractivity contribution in [2.24, 2.45) is 0 Å². The van der Waals surface area contributed by atoms with E-state index in [-0.39, 0.29) is 0 Å². The average Bonchev–Trinajstić information content (AvgIpc) is 2.19. The highest BCUT2D eigenvalue weighted by molar-refractivity contribution is 6.28. The molecule has 3 heteroatoms. The van der Waals surface area contributed by atoms with Gasteiger partial charge in [-0.05, 0) is 30.5 Å². The maximum Gasteiger partial charge on any atom is 0.222 e. The SMILES string of the molecule is Clc1nccc(C2CCCCC2)n1. The van der Waals surface area contributed by atoms with Crippen LogP contribution in [0.5, 0.6) is 0 Å². The average molecular weight is 197 g/mol. The summed E-state index contributed by atoms with van der Waals surface area (Å²) >= 11 is 5.74. The number of hydrogen-bond donors (Lipinski definition) is 0. The molecule has 2 nitrogen and oxygen atoms in total. The third-order valence-electron chi connectivity index (χ3n) is 2.67. The number of rotatable bonds is 1. The van der Waals surface area contributed by atoms with Crippen molar-refractivity contribution in [3.05, 3.63) is 23.2 Å². The van der Waals surface area contributed by atoms with Gasteiger partial charge in [0.25, 0.3) is 0 Å². The summed E-state index contributed by atoms with van der Waals surface area (Å²) in [4.78, 5) is 8.14. The standard InChI is InChI=1S/C10H13ClN2/c11-10-12-7-6-9(13-10)8-4-2-1-3-5-8/h6-8H,1-5H2. The Hall–Kier alpha value is -0.630. The second-order valence-corrected chi connectivity index (χ2v) is 3.92. The molecule has 0 amide bonds. The Morgan fingerprint density at radius 2 is 2.00 bits per heavy atom. The van der Waals surface area contributed by atoms with Crippen LogP contribution in [0, 0.1) is 0 Å². The lowest BCUT2D eigenvalue weighted by atomic mass is 9.87. The summed E-state index contributed by atoms with van der Waals surface area (Å²) in [7, 11) is 0. The molecule has 0 N–H and O–H groups in total. The molecule has 0 saturated heterocycles. The van der Waals surface area contributed by atoms with E-state index < -0.39 is 0 Å². The van der Waals surface area contributed by atoms with Crippen molar-refractivity contribution in [1.82, 2.24) is 9.97 Å². The first kappa shape index (κ1) is 8.95. The summed E-state index contributed by atoms with van der Waals surface area (Å²) in [5.41, 5.74) is 1.12. The molecule has 0 aliphatic heterocycles. The van der Waals surface area contributed by atoms with Crippen LogP contribution in [0.4, 0.5) is 0 Å². The van der Waals surface area contributed by atoms with Crippen LogP contribution in [0.1, 0.15) is 43.7 Å². The summed E-state index contributed by atoms with van der Waals surface area (Å²) in [6, 6.07) is 1.99. The quantitative estimate of drug-likeness (QED) is 0.645. The molecule has 1 aromatic heterocycles. The van der Waals surface area contributed by atoms with E-state index in [0.717, 1.165) is 5.69 Å². The van der Waals surface area contributed by atoms with Crippen LogP contribution in [-0.4, -0.2) is 9.97 Å². The van der Waals surface area contributed by atoms with Crippen molar-refractivity contribution in [1.29, 1.82) is 0 Å². The van der Waals surface area contributed by atoms with E-state index in [9.17, 15) is 0 Å². The second-order valence-electron chi connectivity index (χ2n) is 3.59. The van der Waals surface area contributed by atoms with E-state index in [1.165, 1.54) is 32.1 Å². The van der Waals surface area contributed by atoms with Crippen molar-refractivity contribution in [2.45, 2.75) is 38.0 Å². The van der Waals surface area contributed by atoms with E-state index in [0.29, 0.717) is 11.2 Å². The molecule has 1 aromatic rings. The molecule has 1 aliphatic rings. The van der Waals surface area contributed by atoms with Crippen molar-refractivity contribution < 1.29 is 0 Å². The highest BCUT2D eigenvalue weighted by Gasteiger charge is 2.16. The fourth-order valence-corrected chi connectivity index (χ4v) is 2.13. The fraction of sp³-hybridized carbons (Fsp3) is 0.600. The van der Waals surface area contributed by atoms with E-state index in [4.69, 9.17) is 11.6 Å². The molecule has 0 bridgehead atoms. The zero-order chi connectivity index (χ0) is 9.10. The summed E-state index contributed by atoms with van der Waals surface area (Å²) < 4.78 is 0. The molecule has 1 aliphatic carbocycles. The summed E-state index contributed by atoms with van der Waals surface area (Å²) in [6.07, 6.45) is 8.29. The molecule has 0 radical (unpaired) electrons. The van der Waals surface area contributed by atoms with Gasteiger partial charge in [0.2, 0.25) is 5.28 Å². The van der Waals surface area contributed by atoms with Gasteiger partial charge in [0.1, 0.15) is 0 Å². The molecule has 70 valence electrons. The van der Waals surface area contributed by atoms with Gasteiger partial charge in [-0.15, -0.1) is 0 Å². The number of hydrogen-bond acceptors (Lipinski definition) is 2. The topological polar surface area (TPSA) is 25.8 Å². The van der Waals surface area contributed by atoms with Gasteiger partial charge in [0, 0.05) is 17.8 Å². The molecule has 1 fully saturated rings. The predicted molar refractivity (Wildman–Crippen MR) is 52.9 cm³/mol. The first-order valence-electron chi connectivity index (χ1n) is 4.85. The Balaban J connectivity index is 2.14. The molecule has 0 atom stereocenters. The Kier molecular flexibility index (Phi) is 2.79.